The molecule has 1 aromatic carbocycles. The number of hydrogen-bond donors (Lipinski definition) is 2. The molecule has 156 valence electrons. The van der Waals surface area contributed by atoms with Crippen LogP contribution < -0.4 is 0 Å². The lowest BCUT2D eigenvalue weighted by atomic mass is 9.43. The molecule has 4 rings (SSSR count). The van der Waals surface area contributed by atoms with Crippen molar-refractivity contribution >= 4 is 0 Å². The Morgan fingerprint density at radius 2 is 1.93 bits per heavy atom. The number of fused-ring (bicyclic) bond motifs is 5. The number of aliphatic hydroxyl groups excluding tert-OH is 1. The van der Waals surface area contributed by atoms with E-state index in [4.69, 9.17) is 0 Å². The fourth-order valence-corrected chi connectivity index (χ4v) is 7.93. The van der Waals surface area contributed by atoms with Crippen LogP contribution in [0.5, 0.6) is 5.75 Å². The van der Waals surface area contributed by atoms with Gasteiger partial charge in [0.2, 0.25) is 0 Å². The van der Waals surface area contributed by atoms with Gasteiger partial charge in [-0.25, -0.2) is 0 Å². The third kappa shape index (κ3) is 3.02. The van der Waals surface area contributed by atoms with Crippen molar-refractivity contribution in [3.8, 4) is 5.75 Å². The number of phenolic OH excluding ortho intramolecular Hbond substituents is 1. The van der Waals surface area contributed by atoms with Gasteiger partial charge in [0.15, 0.2) is 0 Å². The first-order valence-electron chi connectivity index (χ1n) is 12.0. The predicted octanol–water partition coefficient (Wildman–Crippen LogP) is 6.59. The van der Waals surface area contributed by atoms with Gasteiger partial charge in [0, 0.05) is 0 Å². The van der Waals surface area contributed by atoms with Crippen LogP contribution in [0.2, 0.25) is 0 Å². The van der Waals surface area contributed by atoms with E-state index < -0.39 is 0 Å². The molecule has 2 nitrogen and oxygen atoms in total. The lowest BCUT2D eigenvalue weighted by molar-refractivity contribution is -0.105. The van der Waals surface area contributed by atoms with Gasteiger partial charge in [-0.1, -0.05) is 52.5 Å². The Labute approximate surface area is 171 Å². The van der Waals surface area contributed by atoms with E-state index in [1.165, 1.54) is 68.9 Å². The second-order valence-corrected chi connectivity index (χ2v) is 10.4. The highest BCUT2D eigenvalue weighted by Crippen LogP contribution is 2.70. The standard InChI is InChI=1S/C26H40O2/c1-4-6-7-8-9-19-17-25(3)22(12-13-23(25)28)26(5-2)15-14-18-16-20(27)10-11-21(18)24(19)26/h10-11,16,19,22-24,27-28H,4-9,12-15,17H2,1-3H3/t19-,22+,23-,24+,25-,26-/m0/s1. The molecule has 0 bridgehead atoms. The van der Waals surface area contributed by atoms with Crippen LogP contribution in [0.3, 0.4) is 0 Å². The Bertz CT molecular complexity index is 698. The summed E-state index contributed by atoms with van der Waals surface area (Å²) < 4.78 is 0. The molecule has 2 fully saturated rings. The van der Waals surface area contributed by atoms with Gasteiger partial charge in [0.25, 0.3) is 0 Å². The van der Waals surface area contributed by atoms with Crippen molar-refractivity contribution in [1.29, 1.82) is 0 Å². The van der Waals surface area contributed by atoms with E-state index in [9.17, 15) is 10.2 Å². The fourth-order valence-electron chi connectivity index (χ4n) is 7.93. The first-order chi connectivity index (χ1) is 13.5. The van der Waals surface area contributed by atoms with Crippen LogP contribution in [0.25, 0.3) is 0 Å². The van der Waals surface area contributed by atoms with Crippen molar-refractivity contribution in [3.05, 3.63) is 29.3 Å². The van der Waals surface area contributed by atoms with Crippen LogP contribution in [0.1, 0.15) is 102 Å². The topological polar surface area (TPSA) is 40.5 Å². The maximum absolute atomic E-state index is 11.0. The summed E-state index contributed by atoms with van der Waals surface area (Å²) in [5, 5.41) is 21.1. The predicted molar refractivity (Wildman–Crippen MR) is 116 cm³/mol. The van der Waals surface area contributed by atoms with Crippen LogP contribution in [0.15, 0.2) is 18.2 Å². The number of aromatic hydroxyl groups is 1. The summed E-state index contributed by atoms with van der Waals surface area (Å²) in [6, 6.07) is 6.18. The Balaban J connectivity index is 1.75. The highest BCUT2D eigenvalue weighted by atomic mass is 16.3. The summed E-state index contributed by atoms with van der Waals surface area (Å²) in [7, 11) is 0. The molecule has 0 spiro atoms. The SMILES string of the molecule is CCCCCC[C@H]1C[C@@]2(C)[C@@H](CC[C@@H]2O)[C@]2(CC)CCc3cc(O)ccc3[C@@H]12. The molecule has 0 heterocycles. The molecular weight excluding hydrogens is 344 g/mol. The largest absolute Gasteiger partial charge is 0.508 e. The van der Waals surface area contributed by atoms with Crippen molar-refractivity contribution in [3.63, 3.8) is 0 Å². The molecule has 2 saturated carbocycles. The zero-order chi connectivity index (χ0) is 19.9. The molecule has 2 N–H and O–H groups in total. The number of rotatable bonds is 6. The van der Waals surface area contributed by atoms with Crippen molar-refractivity contribution in [2.75, 3.05) is 0 Å². The molecule has 28 heavy (non-hydrogen) atoms. The van der Waals surface area contributed by atoms with Crippen LogP contribution in [0, 0.1) is 22.7 Å². The van der Waals surface area contributed by atoms with Gasteiger partial charge in [0.1, 0.15) is 5.75 Å². The Morgan fingerprint density at radius 1 is 1.11 bits per heavy atom. The van der Waals surface area contributed by atoms with Gasteiger partial charge in [-0.2, -0.15) is 0 Å². The second kappa shape index (κ2) is 7.67. The molecule has 0 unspecified atom stereocenters. The van der Waals surface area contributed by atoms with E-state index in [0.717, 1.165) is 12.8 Å². The Hall–Kier alpha value is -1.02. The Kier molecular flexibility index (Phi) is 5.55. The summed E-state index contributed by atoms with van der Waals surface area (Å²) in [6.07, 6.45) is 13.3. The van der Waals surface area contributed by atoms with Gasteiger partial charge >= 0.3 is 0 Å². The average Bonchev–Trinajstić information content (AvgIpc) is 2.99. The van der Waals surface area contributed by atoms with Crippen molar-refractivity contribution in [2.24, 2.45) is 22.7 Å². The van der Waals surface area contributed by atoms with Crippen LogP contribution >= 0.6 is 0 Å². The average molecular weight is 385 g/mol. The highest BCUT2D eigenvalue weighted by Gasteiger charge is 2.63. The normalized spacial score (nSPS) is 39.3. The maximum Gasteiger partial charge on any atom is 0.115 e. The van der Waals surface area contributed by atoms with Crippen molar-refractivity contribution < 1.29 is 10.2 Å². The minimum atomic E-state index is -0.124. The number of aryl methyl sites for hydroxylation is 1. The molecule has 0 amide bonds. The summed E-state index contributed by atoms with van der Waals surface area (Å²) >= 11 is 0. The summed E-state index contributed by atoms with van der Waals surface area (Å²) in [5.41, 5.74) is 3.32. The fraction of sp³-hybridized carbons (Fsp3) is 0.769. The molecule has 0 saturated heterocycles. The first-order valence-corrected chi connectivity index (χ1v) is 12.0. The van der Waals surface area contributed by atoms with E-state index in [1.54, 1.807) is 0 Å². The highest BCUT2D eigenvalue weighted by molar-refractivity contribution is 5.42. The molecule has 0 radical (unpaired) electrons. The number of hydrogen-bond acceptors (Lipinski definition) is 2. The van der Waals surface area contributed by atoms with Crippen LogP contribution in [0.4, 0.5) is 0 Å². The number of benzene rings is 1. The van der Waals surface area contributed by atoms with E-state index in [0.29, 0.717) is 28.9 Å². The van der Waals surface area contributed by atoms with Gasteiger partial charge in [-0.15, -0.1) is 0 Å². The van der Waals surface area contributed by atoms with Gasteiger partial charge in [-0.3, -0.25) is 0 Å². The molecule has 0 aromatic heterocycles. The quantitative estimate of drug-likeness (QED) is 0.543. The maximum atomic E-state index is 11.0. The molecular formula is C26H40O2. The molecule has 2 heteroatoms. The van der Waals surface area contributed by atoms with Crippen molar-refractivity contribution in [1.82, 2.24) is 0 Å². The van der Waals surface area contributed by atoms with E-state index in [-0.39, 0.29) is 11.5 Å². The van der Waals surface area contributed by atoms with Crippen molar-refractivity contribution in [2.45, 2.75) is 103 Å². The summed E-state index contributed by atoms with van der Waals surface area (Å²) in [4.78, 5) is 0. The molecule has 0 aliphatic heterocycles. The van der Waals surface area contributed by atoms with E-state index in [1.807, 2.05) is 12.1 Å². The van der Waals surface area contributed by atoms with Gasteiger partial charge < -0.3 is 10.2 Å². The smallest absolute Gasteiger partial charge is 0.115 e. The number of phenols is 1. The van der Waals surface area contributed by atoms with Crippen LogP contribution in [-0.4, -0.2) is 16.3 Å². The number of aliphatic hydroxyl groups is 1. The Morgan fingerprint density at radius 3 is 2.68 bits per heavy atom. The van der Waals surface area contributed by atoms with E-state index in [2.05, 4.69) is 26.8 Å². The minimum Gasteiger partial charge on any atom is -0.508 e. The molecule has 3 aliphatic carbocycles. The summed E-state index contributed by atoms with van der Waals surface area (Å²) in [6.45, 7) is 7.10. The lowest BCUT2D eigenvalue weighted by Crippen LogP contribution is -2.54. The third-order valence-electron chi connectivity index (χ3n) is 9.18. The zero-order valence-corrected chi connectivity index (χ0v) is 18.2. The first kappa shape index (κ1) is 20.3. The number of unbranched alkanes of at least 4 members (excludes halogenated alkanes) is 3. The monoisotopic (exact) mass is 384 g/mol. The van der Waals surface area contributed by atoms with E-state index >= 15 is 0 Å². The van der Waals surface area contributed by atoms with Gasteiger partial charge in [0.05, 0.1) is 6.10 Å². The minimum absolute atomic E-state index is 0.0936. The summed E-state index contributed by atoms with van der Waals surface area (Å²) in [5.74, 6) is 2.32. The third-order valence-corrected chi connectivity index (χ3v) is 9.18. The molecule has 1 aromatic rings. The second-order valence-electron chi connectivity index (χ2n) is 10.4. The molecule has 3 aliphatic rings. The zero-order valence-electron chi connectivity index (χ0n) is 18.2. The van der Waals surface area contributed by atoms with Gasteiger partial charge in [-0.05, 0) is 96.8 Å². The molecule has 6 atom stereocenters. The van der Waals surface area contributed by atoms with Crippen LogP contribution in [-0.2, 0) is 6.42 Å². The lowest BCUT2D eigenvalue weighted by Gasteiger charge is -2.61.